The molecule has 2 aromatic rings. The van der Waals surface area contributed by atoms with Gasteiger partial charge in [-0.25, -0.2) is 13.3 Å². The van der Waals surface area contributed by atoms with Crippen LogP contribution < -0.4 is 9.47 Å². The molecule has 0 aromatic heterocycles. The molecule has 0 radical (unpaired) electrons. The number of methoxy groups -OCH3 is 1. The normalized spacial score (nSPS) is 16.5. The Morgan fingerprint density at radius 1 is 1.22 bits per heavy atom. The van der Waals surface area contributed by atoms with E-state index < -0.39 is 15.7 Å². The molecule has 186 valence electrons. The number of benzene rings is 2. The number of sulfone groups is 1. The third-order valence-electron chi connectivity index (χ3n) is 5.51. The Labute approximate surface area is 213 Å². The summed E-state index contributed by atoms with van der Waals surface area (Å²) in [7, 11) is -2.22. The van der Waals surface area contributed by atoms with Crippen molar-refractivity contribution in [3.05, 3.63) is 76.9 Å². The molecule has 4 rings (SSSR count). The number of allylic oxidation sites excluding steroid dienone is 1. The maximum Gasteiger partial charge on any atom is 0.283 e. The van der Waals surface area contributed by atoms with Crippen molar-refractivity contribution in [3.63, 3.8) is 0 Å². The molecule has 1 N–H and O–H groups in total. The predicted molar refractivity (Wildman–Crippen MR) is 142 cm³/mol. The second-order valence-corrected chi connectivity index (χ2v) is 10.7. The molecule has 0 saturated carbocycles. The molecule has 2 aromatic carbocycles. The molecule has 36 heavy (non-hydrogen) atoms. The molecule has 0 unspecified atom stereocenters. The van der Waals surface area contributed by atoms with E-state index in [-0.39, 0.29) is 21.7 Å². The van der Waals surface area contributed by atoms with Gasteiger partial charge < -0.3 is 9.47 Å². The zero-order valence-electron chi connectivity index (χ0n) is 19.9. The number of carbonyl (C=O) groups is 1. The van der Waals surface area contributed by atoms with Crippen LogP contribution in [-0.4, -0.2) is 48.8 Å². The highest BCUT2D eigenvalue weighted by atomic mass is 32.2. The summed E-state index contributed by atoms with van der Waals surface area (Å²) < 4.78 is 39.9. The zero-order chi connectivity index (χ0) is 26.0. The fourth-order valence-corrected chi connectivity index (χ4v) is 5.56. The summed E-state index contributed by atoms with van der Waals surface area (Å²) in [5.74, 6) is 0.0237. The van der Waals surface area contributed by atoms with E-state index in [1.807, 2.05) is 37.3 Å². The van der Waals surface area contributed by atoms with E-state index >= 15 is 0 Å². The summed E-state index contributed by atoms with van der Waals surface area (Å²) in [6.45, 7) is 6.18. The van der Waals surface area contributed by atoms with Gasteiger partial charge in [0, 0.05) is 11.8 Å². The monoisotopic (exact) mass is 524 g/mol. The Kier molecular flexibility index (Phi) is 7.14. The molecular formula is C25H24N4O5S2. The van der Waals surface area contributed by atoms with Crippen LogP contribution in [0.2, 0.25) is 0 Å². The molecule has 0 saturated heterocycles. The largest absolute Gasteiger partial charge is 0.493 e. The number of nitrogens with zero attached hydrogens (tertiary/aromatic N) is 3. The van der Waals surface area contributed by atoms with Crippen LogP contribution in [0.1, 0.15) is 22.3 Å². The van der Waals surface area contributed by atoms with Gasteiger partial charge in [0.25, 0.3) is 5.91 Å². The number of aryl methyl sites for hydroxylation is 1. The van der Waals surface area contributed by atoms with E-state index in [1.54, 1.807) is 12.1 Å². The lowest BCUT2D eigenvalue weighted by atomic mass is 10.0. The lowest BCUT2D eigenvalue weighted by molar-refractivity contribution is -0.114. The Balaban J connectivity index is 1.72. The third kappa shape index (κ3) is 4.98. The maximum atomic E-state index is 12.7. The van der Waals surface area contributed by atoms with Gasteiger partial charge in [-0.2, -0.15) is 9.39 Å². The van der Waals surface area contributed by atoms with E-state index in [2.05, 4.69) is 16.0 Å². The Morgan fingerprint density at radius 3 is 2.64 bits per heavy atom. The number of hydrogen-bond acceptors (Lipinski definition) is 8. The van der Waals surface area contributed by atoms with Gasteiger partial charge in [-0.05, 0) is 48.2 Å². The summed E-state index contributed by atoms with van der Waals surface area (Å²) >= 11 is 0.747. The maximum absolute atomic E-state index is 12.7. The molecular weight excluding hydrogens is 500 g/mol. The number of fused-ring (bicyclic) bond motifs is 1. The first-order chi connectivity index (χ1) is 17.1. The molecule has 1 amide bonds. The highest BCUT2D eigenvalue weighted by Crippen LogP contribution is 2.36. The highest BCUT2D eigenvalue weighted by molar-refractivity contribution is 8.16. The molecule has 2 heterocycles. The molecule has 2 aliphatic heterocycles. The standard InChI is InChI=1S/C25H24N4O5S2/c1-5-8-17-11-16(13-20(33-3)21(17)34-14-18-10-7-6-9-15(18)2)12-19-22(26)29-24(27-23(19)30)35-28-25(29)36(4,31)32/h5-7,9-13,26H,1,8,14H2,2-4H3/b19-12-,26-22?. The fraction of sp³-hybridized carbons (Fsp3) is 0.200. The molecule has 0 fully saturated rings. The van der Waals surface area contributed by atoms with Crippen molar-refractivity contribution < 1.29 is 22.7 Å². The third-order valence-corrected chi connectivity index (χ3v) is 7.26. The number of aliphatic imine (C=N–C) groups is 1. The first-order valence-electron chi connectivity index (χ1n) is 10.8. The number of amides is 1. The van der Waals surface area contributed by atoms with E-state index in [9.17, 15) is 13.2 Å². The fourth-order valence-electron chi connectivity index (χ4n) is 3.72. The second kappa shape index (κ2) is 10.1. The van der Waals surface area contributed by atoms with Gasteiger partial charge in [0.2, 0.25) is 20.2 Å². The molecule has 9 nitrogen and oxygen atoms in total. The minimum atomic E-state index is -3.74. The average Bonchev–Trinajstić information content (AvgIpc) is 3.26. The van der Waals surface area contributed by atoms with Crippen LogP contribution in [0, 0.1) is 12.3 Å². The van der Waals surface area contributed by atoms with Crippen LogP contribution in [0.25, 0.3) is 6.08 Å². The molecule has 2 aliphatic rings. The topological polar surface area (TPSA) is 121 Å². The van der Waals surface area contributed by atoms with E-state index in [0.29, 0.717) is 30.1 Å². The van der Waals surface area contributed by atoms with Gasteiger partial charge in [0.05, 0.1) is 24.6 Å². The van der Waals surface area contributed by atoms with Gasteiger partial charge in [0.1, 0.15) is 12.4 Å². The first-order valence-corrected chi connectivity index (χ1v) is 13.5. The Hall–Kier alpha value is -3.70. The predicted octanol–water partition coefficient (Wildman–Crippen LogP) is 3.93. The number of rotatable bonds is 7. The van der Waals surface area contributed by atoms with Gasteiger partial charge in [-0.15, -0.1) is 6.58 Å². The van der Waals surface area contributed by atoms with Crippen molar-refractivity contribution in [2.24, 2.45) is 9.39 Å². The van der Waals surface area contributed by atoms with Gasteiger partial charge in [-0.3, -0.25) is 10.2 Å². The van der Waals surface area contributed by atoms with E-state index in [1.165, 1.54) is 13.2 Å². The van der Waals surface area contributed by atoms with Crippen LogP contribution >= 0.6 is 11.9 Å². The summed E-state index contributed by atoms with van der Waals surface area (Å²) in [6, 6.07) is 11.4. The smallest absolute Gasteiger partial charge is 0.283 e. The van der Waals surface area contributed by atoms with Crippen LogP contribution in [0.5, 0.6) is 11.5 Å². The first kappa shape index (κ1) is 25.4. The van der Waals surface area contributed by atoms with Crippen molar-refractivity contribution in [2.45, 2.75) is 20.0 Å². The molecule has 0 bridgehead atoms. The lowest BCUT2D eigenvalue weighted by Gasteiger charge is -2.24. The van der Waals surface area contributed by atoms with Crippen LogP contribution in [0.4, 0.5) is 0 Å². The Morgan fingerprint density at radius 2 is 1.97 bits per heavy atom. The van der Waals surface area contributed by atoms with E-state index in [0.717, 1.165) is 39.8 Å². The zero-order valence-corrected chi connectivity index (χ0v) is 21.6. The number of nitrogens with one attached hydrogen (secondary N) is 1. The van der Waals surface area contributed by atoms with Crippen molar-refractivity contribution >= 4 is 49.9 Å². The molecule has 0 spiro atoms. The summed E-state index contributed by atoms with van der Waals surface area (Å²) in [5, 5.41) is 8.25. The van der Waals surface area contributed by atoms with Crippen molar-refractivity contribution in [3.8, 4) is 11.5 Å². The quantitative estimate of drug-likeness (QED) is 0.331. The van der Waals surface area contributed by atoms with Crippen LogP contribution in [0.15, 0.2) is 64.0 Å². The number of carbonyl (C=O) groups excluding carboxylic acids is 1. The van der Waals surface area contributed by atoms with Crippen LogP contribution in [0.3, 0.4) is 0 Å². The number of ether oxygens (including phenoxy) is 2. The molecule has 0 aliphatic carbocycles. The summed E-state index contributed by atoms with van der Waals surface area (Å²) in [4.78, 5) is 17.7. The molecule has 0 atom stereocenters. The van der Waals surface area contributed by atoms with Crippen molar-refractivity contribution in [2.75, 3.05) is 13.4 Å². The van der Waals surface area contributed by atoms with Gasteiger partial charge in [-0.1, -0.05) is 30.3 Å². The molecule has 11 heteroatoms. The second-order valence-electron chi connectivity index (χ2n) is 8.10. The lowest BCUT2D eigenvalue weighted by Crippen LogP contribution is -2.45. The highest BCUT2D eigenvalue weighted by Gasteiger charge is 2.41. The van der Waals surface area contributed by atoms with E-state index in [4.69, 9.17) is 14.9 Å². The minimum Gasteiger partial charge on any atom is -0.493 e. The van der Waals surface area contributed by atoms with Crippen molar-refractivity contribution in [1.82, 2.24) is 4.90 Å². The Bertz CT molecular complexity index is 1480. The number of hydrogen-bond donors (Lipinski definition) is 1. The summed E-state index contributed by atoms with van der Waals surface area (Å²) in [6.07, 6.45) is 4.67. The van der Waals surface area contributed by atoms with Crippen LogP contribution in [-0.2, 0) is 27.7 Å². The minimum absolute atomic E-state index is 0.0347. The van der Waals surface area contributed by atoms with Gasteiger partial charge >= 0.3 is 0 Å². The number of amidine groups is 3. The SMILES string of the molecule is C=CCc1cc(/C=C2/C(=N)N3C(=NC2=O)SN=C3S(C)(=O)=O)cc(OC)c1OCc1ccccc1C. The van der Waals surface area contributed by atoms with Crippen molar-refractivity contribution in [1.29, 1.82) is 5.41 Å². The summed E-state index contributed by atoms with van der Waals surface area (Å²) in [5.41, 5.74) is 3.41. The van der Waals surface area contributed by atoms with Gasteiger partial charge in [0.15, 0.2) is 11.5 Å². The average molecular weight is 525 g/mol.